The minimum absolute atomic E-state index is 0.114. The summed E-state index contributed by atoms with van der Waals surface area (Å²) < 4.78 is 21.4. The SMILES string of the molecule is C1=CCCC1.COC(C(N)=O)C(=O)Nc1cc(F)cc(Cl)c1.COC=O. The van der Waals surface area contributed by atoms with Crippen molar-refractivity contribution in [2.24, 2.45) is 5.73 Å². The second-order valence-electron chi connectivity index (χ2n) is 4.90. The van der Waals surface area contributed by atoms with Crippen LogP contribution in [0.5, 0.6) is 0 Å². The van der Waals surface area contributed by atoms with Crippen molar-refractivity contribution in [3.8, 4) is 0 Å². The summed E-state index contributed by atoms with van der Waals surface area (Å²) in [6.45, 7) is 0.375. The Balaban J connectivity index is 0.000000566. The molecule has 0 radical (unpaired) electrons. The van der Waals surface area contributed by atoms with Crippen LogP contribution in [0.4, 0.5) is 10.1 Å². The highest BCUT2D eigenvalue weighted by Gasteiger charge is 2.23. The lowest BCUT2D eigenvalue weighted by Crippen LogP contribution is -2.40. The van der Waals surface area contributed by atoms with Crippen LogP contribution in [0.15, 0.2) is 30.4 Å². The standard InChI is InChI=1S/C10H10ClFN2O3.C5H8.C2H4O2/c1-17-8(9(13)15)10(16)14-7-3-5(11)2-6(12)4-7;1-2-4-5-3-1;1-4-2-3/h2-4,8H,1H3,(H2,13,15)(H,14,16);1-2H,3-5H2;2H,1H3. The van der Waals surface area contributed by atoms with Gasteiger partial charge in [-0.05, 0) is 37.5 Å². The molecular formula is C17H22ClFN2O5. The summed E-state index contributed by atoms with van der Waals surface area (Å²) in [5.41, 5.74) is 5.05. The molecule has 1 aliphatic rings. The highest BCUT2D eigenvalue weighted by molar-refractivity contribution is 6.31. The Morgan fingerprint density at radius 1 is 1.27 bits per heavy atom. The molecule has 2 rings (SSSR count). The predicted molar refractivity (Wildman–Crippen MR) is 96.1 cm³/mol. The third-order valence-corrected chi connectivity index (χ3v) is 3.09. The number of methoxy groups -OCH3 is 2. The van der Waals surface area contributed by atoms with Crippen LogP contribution in [-0.2, 0) is 23.9 Å². The van der Waals surface area contributed by atoms with E-state index in [0.717, 1.165) is 19.2 Å². The van der Waals surface area contributed by atoms with Crippen molar-refractivity contribution in [1.29, 1.82) is 0 Å². The zero-order chi connectivity index (χ0) is 19.9. The van der Waals surface area contributed by atoms with Crippen LogP contribution in [0.3, 0.4) is 0 Å². The van der Waals surface area contributed by atoms with E-state index in [2.05, 4.69) is 26.9 Å². The summed E-state index contributed by atoms with van der Waals surface area (Å²) in [6, 6.07) is 3.47. The van der Waals surface area contributed by atoms with E-state index in [1.54, 1.807) is 0 Å². The fourth-order valence-corrected chi connectivity index (χ4v) is 2.00. The number of hydrogen-bond donors (Lipinski definition) is 2. The fraction of sp³-hybridized carbons (Fsp3) is 0.353. The molecule has 144 valence electrons. The van der Waals surface area contributed by atoms with Gasteiger partial charge in [-0.1, -0.05) is 23.8 Å². The number of amides is 2. The Hall–Kier alpha value is -2.45. The van der Waals surface area contributed by atoms with E-state index in [0.29, 0.717) is 6.47 Å². The van der Waals surface area contributed by atoms with Crippen molar-refractivity contribution < 1.29 is 28.2 Å². The fourth-order valence-electron chi connectivity index (χ4n) is 1.78. The molecule has 3 N–H and O–H groups in total. The van der Waals surface area contributed by atoms with Crippen LogP contribution in [0.2, 0.25) is 5.02 Å². The first-order valence-electron chi connectivity index (χ1n) is 7.56. The number of nitrogens with two attached hydrogens (primary N) is 1. The molecule has 1 unspecified atom stereocenters. The minimum Gasteiger partial charge on any atom is -0.471 e. The Kier molecular flexibility index (Phi) is 12.5. The molecule has 1 aromatic carbocycles. The van der Waals surface area contributed by atoms with E-state index < -0.39 is 23.7 Å². The quantitative estimate of drug-likeness (QED) is 0.457. The average Bonchev–Trinajstić information content (AvgIpc) is 3.14. The van der Waals surface area contributed by atoms with Gasteiger partial charge in [0, 0.05) is 17.8 Å². The Morgan fingerprint density at radius 3 is 2.19 bits per heavy atom. The summed E-state index contributed by atoms with van der Waals surface area (Å²) in [7, 11) is 2.47. The number of anilines is 1. The number of hydrogen-bond acceptors (Lipinski definition) is 5. The summed E-state index contributed by atoms with van der Waals surface area (Å²) in [5.74, 6) is -2.34. The normalized spacial score (nSPS) is 12.6. The maximum Gasteiger partial charge on any atom is 0.292 e. The van der Waals surface area contributed by atoms with E-state index in [4.69, 9.17) is 22.1 Å². The molecule has 9 heteroatoms. The van der Waals surface area contributed by atoms with Crippen LogP contribution in [0, 0.1) is 5.82 Å². The molecule has 0 saturated carbocycles. The van der Waals surface area contributed by atoms with E-state index >= 15 is 0 Å². The third-order valence-electron chi connectivity index (χ3n) is 2.87. The van der Waals surface area contributed by atoms with E-state index in [1.165, 1.54) is 32.4 Å². The first-order chi connectivity index (χ1) is 12.3. The van der Waals surface area contributed by atoms with Crippen molar-refractivity contribution in [2.45, 2.75) is 25.4 Å². The second kappa shape index (κ2) is 13.8. The van der Waals surface area contributed by atoms with Crippen LogP contribution < -0.4 is 11.1 Å². The van der Waals surface area contributed by atoms with Gasteiger partial charge in [0.15, 0.2) is 0 Å². The van der Waals surface area contributed by atoms with Crippen molar-refractivity contribution in [3.05, 3.63) is 41.2 Å². The van der Waals surface area contributed by atoms with Gasteiger partial charge in [-0.25, -0.2) is 4.39 Å². The van der Waals surface area contributed by atoms with Gasteiger partial charge in [-0.3, -0.25) is 14.4 Å². The zero-order valence-electron chi connectivity index (χ0n) is 14.5. The molecule has 0 spiro atoms. The number of nitrogens with one attached hydrogen (secondary N) is 1. The molecule has 0 heterocycles. The van der Waals surface area contributed by atoms with Gasteiger partial charge in [-0.15, -0.1) is 0 Å². The van der Waals surface area contributed by atoms with E-state index in [-0.39, 0.29) is 10.7 Å². The number of allylic oxidation sites excluding steroid dienone is 2. The molecule has 2 amide bonds. The van der Waals surface area contributed by atoms with Crippen LogP contribution in [0.25, 0.3) is 0 Å². The number of ether oxygens (including phenoxy) is 2. The highest BCUT2D eigenvalue weighted by Crippen LogP contribution is 2.18. The van der Waals surface area contributed by atoms with E-state index in [1.807, 2.05) is 0 Å². The molecule has 1 atom stereocenters. The number of benzene rings is 1. The molecule has 0 aliphatic heterocycles. The van der Waals surface area contributed by atoms with Gasteiger partial charge in [0.25, 0.3) is 18.3 Å². The third kappa shape index (κ3) is 10.4. The average molecular weight is 389 g/mol. The largest absolute Gasteiger partial charge is 0.471 e. The van der Waals surface area contributed by atoms with E-state index in [9.17, 15) is 14.0 Å². The molecule has 0 bridgehead atoms. The first-order valence-corrected chi connectivity index (χ1v) is 7.94. The summed E-state index contributed by atoms with van der Waals surface area (Å²) in [4.78, 5) is 31.3. The Labute approximate surface area is 156 Å². The molecule has 0 fully saturated rings. The van der Waals surface area contributed by atoms with Crippen LogP contribution in [0.1, 0.15) is 19.3 Å². The minimum atomic E-state index is -1.43. The van der Waals surface area contributed by atoms with Gasteiger partial charge in [0.05, 0.1) is 7.11 Å². The van der Waals surface area contributed by atoms with Crippen molar-refractivity contribution >= 4 is 35.6 Å². The monoisotopic (exact) mass is 388 g/mol. The molecule has 26 heavy (non-hydrogen) atoms. The van der Waals surface area contributed by atoms with Crippen molar-refractivity contribution in [1.82, 2.24) is 0 Å². The molecule has 1 aliphatic carbocycles. The molecule has 7 nitrogen and oxygen atoms in total. The van der Waals surface area contributed by atoms with Gasteiger partial charge in [0.2, 0.25) is 6.10 Å². The smallest absolute Gasteiger partial charge is 0.292 e. The lowest BCUT2D eigenvalue weighted by molar-refractivity contribution is -0.138. The lowest BCUT2D eigenvalue weighted by atomic mass is 10.2. The summed E-state index contributed by atoms with van der Waals surface area (Å²) in [6.07, 6.45) is 7.07. The number of rotatable bonds is 5. The number of carbonyl (C=O) groups excluding carboxylic acids is 3. The van der Waals surface area contributed by atoms with Gasteiger partial charge < -0.3 is 20.5 Å². The summed E-state index contributed by atoms with van der Waals surface area (Å²) >= 11 is 5.60. The predicted octanol–water partition coefficient (Wildman–Crippen LogP) is 2.43. The number of halogens is 2. The second-order valence-corrected chi connectivity index (χ2v) is 5.34. The van der Waals surface area contributed by atoms with Crippen LogP contribution in [-0.4, -0.2) is 38.6 Å². The molecule has 1 aromatic rings. The van der Waals surface area contributed by atoms with Gasteiger partial charge in [-0.2, -0.15) is 0 Å². The lowest BCUT2D eigenvalue weighted by Gasteiger charge is -2.12. The maximum atomic E-state index is 13.0. The topological polar surface area (TPSA) is 108 Å². The zero-order valence-corrected chi connectivity index (χ0v) is 15.3. The maximum absolute atomic E-state index is 13.0. The van der Waals surface area contributed by atoms with Gasteiger partial charge >= 0.3 is 0 Å². The highest BCUT2D eigenvalue weighted by atomic mass is 35.5. The van der Waals surface area contributed by atoms with Crippen molar-refractivity contribution in [3.63, 3.8) is 0 Å². The Bertz CT molecular complexity index is 599. The molecule has 0 saturated heterocycles. The van der Waals surface area contributed by atoms with Gasteiger partial charge in [0.1, 0.15) is 5.82 Å². The summed E-state index contributed by atoms with van der Waals surface area (Å²) in [5, 5.41) is 2.39. The van der Waals surface area contributed by atoms with Crippen molar-refractivity contribution in [2.75, 3.05) is 19.5 Å². The number of primary amides is 1. The first kappa shape index (κ1) is 23.5. The van der Waals surface area contributed by atoms with Crippen LogP contribution >= 0.6 is 11.6 Å². The number of carbonyl (C=O) groups is 3. The molecule has 0 aromatic heterocycles. The Morgan fingerprint density at radius 2 is 1.85 bits per heavy atom. The molecular weight excluding hydrogens is 367 g/mol.